The average molecular weight is 237 g/mol. The van der Waals surface area contributed by atoms with E-state index in [1.54, 1.807) is 0 Å². The van der Waals surface area contributed by atoms with E-state index in [1.165, 1.54) is 0 Å². The molecule has 0 aliphatic carbocycles. The van der Waals surface area contributed by atoms with Gasteiger partial charge in [-0.2, -0.15) is 0 Å². The van der Waals surface area contributed by atoms with Gasteiger partial charge in [0.15, 0.2) is 0 Å². The summed E-state index contributed by atoms with van der Waals surface area (Å²) >= 11 is 5.75. The molecule has 0 bridgehead atoms. The van der Waals surface area contributed by atoms with E-state index in [1.807, 2.05) is 37.3 Å². The number of esters is 2. The van der Waals surface area contributed by atoms with Gasteiger partial charge in [-0.1, -0.05) is 48.9 Å². The predicted molar refractivity (Wildman–Crippen MR) is 58.8 cm³/mol. The molecule has 82 valence electrons. The molecule has 3 nitrogen and oxygen atoms in total. The van der Waals surface area contributed by atoms with E-state index >= 15 is 0 Å². The largest absolute Gasteiger partial charge is 0.385 e. The number of rotatable bonds is 2. The maximum Gasteiger partial charge on any atom is 0.358 e. The lowest BCUT2D eigenvalue weighted by molar-refractivity contribution is -0.150. The van der Waals surface area contributed by atoms with Crippen LogP contribution < -0.4 is 0 Å². The molecule has 16 heavy (non-hydrogen) atoms. The highest BCUT2D eigenvalue weighted by molar-refractivity contribution is 6.46. The van der Waals surface area contributed by atoms with Crippen molar-refractivity contribution in [3.8, 4) is 0 Å². The van der Waals surface area contributed by atoms with Crippen LogP contribution in [0.1, 0.15) is 18.4 Å². The molecule has 0 amide bonds. The van der Waals surface area contributed by atoms with Gasteiger partial charge in [0, 0.05) is 5.92 Å². The van der Waals surface area contributed by atoms with Gasteiger partial charge in [0.05, 0.1) is 5.57 Å². The summed E-state index contributed by atoms with van der Waals surface area (Å²) in [6.45, 7) is 1.81. The molecule has 1 aliphatic heterocycles. The Bertz CT molecular complexity index is 476. The number of ether oxygens (including phenoxy) is 1. The van der Waals surface area contributed by atoms with Gasteiger partial charge in [0.1, 0.15) is 5.03 Å². The second-order valence-electron chi connectivity index (χ2n) is 3.54. The van der Waals surface area contributed by atoms with Crippen LogP contribution in [0.25, 0.3) is 0 Å². The molecule has 4 heteroatoms. The molecule has 1 heterocycles. The summed E-state index contributed by atoms with van der Waals surface area (Å²) in [4.78, 5) is 22.5. The zero-order valence-electron chi connectivity index (χ0n) is 8.57. The van der Waals surface area contributed by atoms with E-state index in [9.17, 15) is 9.59 Å². The molecule has 0 N–H and O–H groups in total. The Morgan fingerprint density at radius 3 is 2.25 bits per heavy atom. The van der Waals surface area contributed by atoms with Crippen LogP contribution >= 0.6 is 11.6 Å². The van der Waals surface area contributed by atoms with Crippen molar-refractivity contribution in [3.05, 3.63) is 46.5 Å². The van der Waals surface area contributed by atoms with Gasteiger partial charge in [0.25, 0.3) is 0 Å². The second-order valence-corrected chi connectivity index (χ2v) is 3.91. The lowest BCUT2D eigenvalue weighted by atomic mass is 9.93. The van der Waals surface area contributed by atoms with Gasteiger partial charge >= 0.3 is 11.9 Å². The van der Waals surface area contributed by atoms with Crippen LogP contribution in [-0.4, -0.2) is 11.9 Å². The monoisotopic (exact) mass is 236 g/mol. The summed E-state index contributed by atoms with van der Waals surface area (Å²) < 4.78 is 4.44. The summed E-state index contributed by atoms with van der Waals surface area (Å²) in [6.07, 6.45) is 0. The molecule has 0 radical (unpaired) electrons. The first-order chi connectivity index (χ1) is 7.61. The fourth-order valence-electron chi connectivity index (χ4n) is 1.66. The highest BCUT2D eigenvalue weighted by Gasteiger charge is 2.35. The molecular formula is C12H9ClO3. The molecule has 1 aromatic carbocycles. The van der Waals surface area contributed by atoms with Crippen molar-refractivity contribution in [1.82, 2.24) is 0 Å². The van der Waals surface area contributed by atoms with Crippen LogP contribution in [0.15, 0.2) is 40.9 Å². The van der Waals surface area contributed by atoms with Gasteiger partial charge in [-0.05, 0) is 5.56 Å². The molecule has 0 spiro atoms. The highest BCUT2D eigenvalue weighted by atomic mass is 35.5. The summed E-state index contributed by atoms with van der Waals surface area (Å²) in [5, 5.41) is -0.110. The van der Waals surface area contributed by atoms with Gasteiger partial charge in [-0.3, -0.25) is 0 Å². The fraction of sp³-hybridized carbons (Fsp3) is 0.167. The van der Waals surface area contributed by atoms with Crippen LogP contribution in [0.5, 0.6) is 0 Å². The van der Waals surface area contributed by atoms with Crippen molar-refractivity contribution in [3.63, 3.8) is 0 Å². The number of benzene rings is 1. The van der Waals surface area contributed by atoms with E-state index in [4.69, 9.17) is 11.6 Å². The summed E-state index contributed by atoms with van der Waals surface area (Å²) in [5.41, 5.74) is 1.15. The van der Waals surface area contributed by atoms with Gasteiger partial charge < -0.3 is 4.74 Å². The van der Waals surface area contributed by atoms with Crippen LogP contribution in [0.4, 0.5) is 0 Å². The van der Waals surface area contributed by atoms with Crippen molar-refractivity contribution in [1.29, 1.82) is 0 Å². The first-order valence-electron chi connectivity index (χ1n) is 4.82. The Balaban J connectivity index is 2.40. The maximum absolute atomic E-state index is 11.4. The molecule has 1 aromatic rings. The van der Waals surface area contributed by atoms with E-state index in [-0.39, 0.29) is 16.5 Å². The van der Waals surface area contributed by atoms with E-state index < -0.39 is 11.9 Å². The van der Waals surface area contributed by atoms with Crippen LogP contribution in [0.3, 0.4) is 0 Å². The minimum atomic E-state index is -0.760. The van der Waals surface area contributed by atoms with E-state index in [0.717, 1.165) is 5.56 Å². The maximum atomic E-state index is 11.4. The van der Waals surface area contributed by atoms with Gasteiger partial charge in [-0.15, -0.1) is 0 Å². The Labute approximate surface area is 97.7 Å². The standard InChI is InChI=1S/C12H9ClO3/c1-7(8-5-3-2-4-6-8)9-10(13)12(15)16-11(9)14/h2-7H,1H3/t7-/m1/s1. The number of halogens is 1. The molecule has 0 aromatic heterocycles. The minimum Gasteiger partial charge on any atom is -0.385 e. The van der Waals surface area contributed by atoms with E-state index in [2.05, 4.69) is 4.74 Å². The number of hydrogen-bond acceptors (Lipinski definition) is 3. The third kappa shape index (κ3) is 1.74. The zero-order chi connectivity index (χ0) is 11.7. The SMILES string of the molecule is C[C@@H](C1=C(Cl)C(=O)OC1=O)c1ccccc1. The molecule has 0 saturated carbocycles. The predicted octanol–water partition coefficient (Wildman–Crippen LogP) is 2.37. The molecule has 0 saturated heterocycles. The van der Waals surface area contributed by atoms with E-state index in [0.29, 0.717) is 0 Å². The van der Waals surface area contributed by atoms with Crippen LogP contribution in [0.2, 0.25) is 0 Å². The highest BCUT2D eigenvalue weighted by Crippen LogP contribution is 2.33. The molecule has 1 aliphatic rings. The lowest BCUT2D eigenvalue weighted by Crippen LogP contribution is -2.07. The quantitative estimate of drug-likeness (QED) is 0.585. The smallest absolute Gasteiger partial charge is 0.358 e. The molecule has 0 unspecified atom stereocenters. The summed E-state index contributed by atoms with van der Waals surface area (Å²) in [6, 6.07) is 9.35. The first kappa shape index (κ1) is 10.9. The summed E-state index contributed by atoms with van der Waals surface area (Å²) in [5.74, 6) is -1.65. The molecule has 1 atom stereocenters. The lowest BCUT2D eigenvalue weighted by Gasteiger charge is -2.10. The van der Waals surface area contributed by atoms with Crippen molar-refractivity contribution < 1.29 is 14.3 Å². The topological polar surface area (TPSA) is 43.4 Å². The van der Waals surface area contributed by atoms with Crippen molar-refractivity contribution in [2.24, 2.45) is 0 Å². The van der Waals surface area contributed by atoms with Gasteiger partial charge in [-0.25, -0.2) is 9.59 Å². The Morgan fingerprint density at radius 2 is 1.75 bits per heavy atom. The molecule has 0 fully saturated rings. The number of carbonyl (C=O) groups excluding carboxylic acids is 2. The van der Waals surface area contributed by atoms with Crippen LogP contribution in [0, 0.1) is 0 Å². The van der Waals surface area contributed by atoms with Crippen molar-refractivity contribution >= 4 is 23.5 Å². The zero-order valence-corrected chi connectivity index (χ0v) is 9.32. The Kier molecular flexibility index (Phi) is 2.79. The summed E-state index contributed by atoms with van der Waals surface area (Å²) in [7, 11) is 0. The number of cyclic esters (lactones) is 2. The minimum absolute atomic E-state index is 0.110. The third-order valence-corrected chi connectivity index (χ3v) is 2.91. The number of hydrogen-bond donors (Lipinski definition) is 0. The Morgan fingerprint density at radius 1 is 1.12 bits per heavy atom. The van der Waals surface area contributed by atoms with Crippen molar-refractivity contribution in [2.75, 3.05) is 0 Å². The number of carbonyl (C=O) groups is 2. The molecule has 2 rings (SSSR count). The van der Waals surface area contributed by atoms with Crippen LogP contribution in [-0.2, 0) is 14.3 Å². The van der Waals surface area contributed by atoms with Crippen molar-refractivity contribution in [2.45, 2.75) is 12.8 Å². The first-order valence-corrected chi connectivity index (χ1v) is 5.20. The second kappa shape index (κ2) is 4.10. The average Bonchev–Trinajstić information content (AvgIpc) is 2.54. The van der Waals surface area contributed by atoms with Gasteiger partial charge in [0.2, 0.25) is 0 Å². The molecular weight excluding hydrogens is 228 g/mol. The Hall–Kier alpha value is -1.61. The fourth-order valence-corrected chi connectivity index (χ4v) is 1.94. The normalized spacial score (nSPS) is 17.6. The third-order valence-electron chi connectivity index (χ3n) is 2.55.